The molecule has 1 aliphatic rings. The lowest BCUT2D eigenvalue weighted by Crippen LogP contribution is -2.15. The zero-order chi connectivity index (χ0) is 36.7. The van der Waals surface area contributed by atoms with E-state index in [4.69, 9.17) is 24.4 Å². The molecule has 0 atom stereocenters. The molecule has 0 radical (unpaired) electrons. The summed E-state index contributed by atoms with van der Waals surface area (Å²) in [7, 11) is 0. The summed E-state index contributed by atoms with van der Waals surface area (Å²) in [6.45, 7) is 4.59. The van der Waals surface area contributed by atoms with E-state index in [9.17, 15) is 0 Å². The fourth-order valence-electron chi connectivity index (χ4n) is 8.48. The second kappa shape index (κ2) is 11.9. The Balaban J connectivity index is 1.18. The van der Waals surface area contributed by atoms with Crippen molar-refractivity contribution in [1.82, 2.24) is 24.5 Å². The molecule has 1 aliphatic carbocycles. The highest BCUT2D eigenvalue weighted by Gasteiger charge is 2.35. The summed E-state index contributed by atoms with van der Waals surface area (Å²) < 4.78 is 8.70. The SMILES string of the molecule is CC1(C)c2ccccc2-c2ccc(-c3nc(-c4cccc5nc(-c6ccccc6)oc45)nc(-n4c5ccccc5c5c(-c6ccccc6)cccc54)n3)cc21. The van der Waals surface area contributed by atoms with Crippen molar-refractivity contribution >= 4 is 32.9 Å². The molecular formula is C49H33N5O. The lowest BCUT2D eigenvalue weighted by molar-refractivity contribution is 0.620. The van der Waals surface area contributed by atoms with E-state index in [0.29, 0.717) is 29.1 Å². The Morgan fingerprint density at radius 3 is 1.98 bits per heavy atom. The van der Waals surface area contributed by atoms with E-state index in [1.54, 1.807) is 0 Å². The number of nitrogens with zero attached hydrogens (tertiary/aromatic N) is 5. The van der Waals surface area contributed by atoms with Gasteiger partial charge >= 0.3 is 0 Å². The van der Waals surface area contributed by atoms with Gasteiger partial charge in [-0.25, -0.2) is 9.97 Å². The lowest BCUT2D eigenvalue weighted by Gasteiger charge is -2.21. The van der Waals surface area contributed by atoms with Crippen molar-refractivity contribution < 1.29 is 4.42 Å². The molecule has 0 fully saturated rings. The van der Waals surface area contributed by atoms with Crippen LogP contribution in [0.5, 0.6) is 0 Å². The number of hydrogen-bond donors (Lipinski definition) is 0. The first-order chi connectivity index (χ1) is 27.0. The molecule has 7 aromatic carbocycles. The van der Waals surface area contributed by atoms with Crippen LogP contribution in [-0.2, 0) is 5.41 Å². The molecule has 0 saturated heterocycles. The van der Waals surface area contributed by atoms with Crippen LogP contribution in [-0.4, -0.2) is 24.5 Å². The molecule has 0 unspecified atom stereocenters. The van der Waals surface area contributed by atoms with Crippen molar-refractivity contribution in [3.05, 3.63) is 175 Å². The van der Waals surface area contributed by atoms with Gasteiger partial charge < -0.3 is 4.42 Å². The number of rotatable bonds is 5. The average Bonchev–Trinajstić information content (AvgIpc) is 3.90. The quantitative estimate of drug-likeness (QED) is 0.178. The Morgan fingerprint density at radius 2 is 1.13 bits per heavy atom. The zero-order valence-electron chi connectivity index (χ0n) is 30.2. The topological polar surface area (TPSA) is 69.6 Å². The minimum Gasteiger partial charge on any atom is -0.435 e. The molecule has 55 heavy (non-hydrogen) atoms. The fourth-order valence-corrected chi connectivity index (χ4v) is 8.48. The summed E-state index contributed by atoms with van der Waals surface area (Å²) in [5.74, 6) is 2.17. The van der Waals surface area contributed by atoms with Crippen LogP contribution >= 0.6 is 0 Å². The van der Waals surface area contributed by atoms with Gasteiger partial charge in [-0.1, -0.05) is 135 Å². The largest absolute Gasteiger partial charge is 0.435 e. The number of benzene rings is 7. The molecule has 6 heteroatoms. The number of oxazole rings is 1. The maximum atomic E-state index is 6.53. The average molecular weight is 708 g/mol. The van der Waals surface area contributed by atoms with Gasteiger partial charge in [-0.2, -0.15) is 9.97 Å². The van der Waals surface area contributed by atoms with Crippen molar-refractivity contribution in [3.8, 4) is 62.4 Å². The van der Waals surface area contributed by atoms with E-state index in [0.717, 1.165) is 55.1 Å². The van der Waals surface area contributed by atoms with Crippen LogP contribution in [0.1, 0.15) is 25.0 Å². The van der Waals surface area contributed by atoms with Gasteiger partial charge in [0.15, 0.2) is 17.2 Å². The van der Waals surface area contributed by atoms with Gasteiger partial charge in [0.05, 0.1) is 16.6 Å². The van der Waals surface area contributed by atoms with E-state index in [2.05, 4.69) is 134 Å². The molecule has 0 amide bonds. The molecule has 10 aromatic rings. The van der Waals surface area contributed by atoms with Crippen LogP contribution in [0.25, 0.3) is 95.3 Å². The van der Waals surface area contributed by atoms with Crippen LogP contribution in [0.2, 0.25) is 0 Å². The summed E-state index contributed by atoms with van der Waals surface area (Å²) in [5, 5.41) is 2.28. The Kier molecular flexibility index (Phi) is 6.79. The van der Waals surface area contributed by atoms with Crippen molar-refractivity contribution in [1.29, 1.82) is 0 Å². The minimum absolute atomic E-state index is 0.180. The Bertz CT molecular complexity index is 3120. The third kappa shape index (κ3) is 4.81. The number of hydrogen-bond acceptors (Lipinski definition) is 5. The first-order valence-electron chi connectivity index (χ1n) is 18.6. The molecule has 0 bridgehead atoms. The lowest BCUT2D eigenvalue weighted by atomic mass is 9.82. The standard InChI is InChI=1S/C49H33N5O/c1-49(2)38-23-11-9-19-34(38)35-28-27-32(29-39(35)49)45-51-46(37-22-13-24-40-44(37)55-47(50-40)31-17-7-4-8-18-31)53-48(52-45)54-41-25-12-10-20-36(41)43-33(21-14-26-42(43)54)30-15-5-3-6-16-30/h3-29H,1-2H3. The fraction of sp³-hybridized carbons (Fsp3) is 0.0612. The van der Waals surface area contributed by atoms with Crippen LogP contribution in [0.3, 0.4) is 0 Å². The van der Waals surface area contributed by atoms with Gasteiger partial charge in [0.25, 0.3) is 0 Å². The Morgan fingerprint density at radius 1 is 0.473 bits per heavy atom. The summed E-state index contributed by atoms with van der Waals surface area (Å²) in [4.78, 5) is 20.7. The molecule has 0 aliphatic heterocycles. The van der Waals surface area contributed by atoms with Crippen LogP contribution in [0.15, 0.2) is 168 Å². The van der Waals surface area contributed by atoms with Crippen LogP contribution < -0.4 is 0 Å². The van der Waals surface area contributed by atoms with E-state index in [1.165, 1.54) is 22.3 Å². The van der Waals surface area contributed by atoms with Crippen molar-refractivity contribution in [2.75, 3.05) is 0 Å². The monoisotopic (exact) mass is 707 g/mol. The molecular weight excluding hydrogens is 675 g/mol. The summed E-state index contributed by atoms with van der Waals surface area (Å²) in [6, 6.07) is 56.8. The number of fused-ring (bicyclic) bond motifs is 7. The third-order valence-electron chi connectivity index (χ3n) is 11.1. The van der Waals surface area contributed by atoms with Gasteiger partial charge in [-0.3, -0.25) is 4.57 Å². The molecule has 260 valence electrons. The smallest absolute Gasteiger partial charge is 0.238 e. The van der Waals surface area contributed by atoms with Gasteiger partial charge in [-0.05, 0) is 75.8 Å². The van der Waals surface area contributed by atoms with Crippen LogP contribution in [0, 0.1) is 0 Å². The predicted molar refractivity (Wildman–Crippen MR) is 221 cm³/mol. The van der Waals surface area contributed by atoms with E-state index in [-0.39, 0.29) is 5.41 Å². The van der Waals surface area contributed by atoms with E-state index in [1.807, 2.05) is 48.5 Å². The first kappa shape index (κ1) is 31.4. The maximum Gasteiger partial charge on any atom is 0.238 e. The Labute approximate surface area is 317 Å². The normalized spacial score (nSPS) is 13.1. The highest BCUT2D eigenvalue weighted by atomic mass is 16.3. The first-order valence-corrected chi connectivity index (χ1v) is 18.6. The molecule has 0 N–H and O–H groups in total. The van der Waals surface area contributed by atoms with Crippen molar-refractivity contribution in [2.24, 2.45) is 0 Å². The molecule has 0 spiro atoms. The van der Waals surface area contributed by atoms with Crippen molar-refractivity contribution in [3.63, 3.8) is 0 Å². The number of aromatic nitrogens is 5. The second-order valence-electron chi connectivity index (χ2n) is 14.7. The molecule has 3 aromatic heterocycles. The second-order valence-corrected chi connectivity index (χ2v) is 14.7. The predicted octanol–water partition coefficient (Wildman–Crippen LogP) is 12.1. The summed E-state index contributed by atoms with van der Waals surface area (Å²) >= 11 is 0. The minimum atomic E-state index is -0.180. The molecule has 0 saturated carbocycles. The summed E-state index contributed by atoms with van der Waals surface area (Å²) in [5.41, 5.74) is 13.2. The van der Waals surface area contributed by atoms with Gasteiger partial charge in [0, 0.05) is 27.3 Å². The van der Waals surface area contributed by atoms with Gasteiger partial charge in [0.2, 0.25) is 11.8 Å². The Hall–Kier alpha value is -7.18. The zero-order valence-corrected chi connectivity index (χ0v) is 30.2. The van der Waals surface area contributed by atoms with Gasteiger partial charge in [-0.15, -0.1) is 0 Å². The van der Waals surface area contributed by atoms with Gasteiger partial charge in [0.1, 0.15) is 5.52 Å². The molecule has 3 heterocycles. The maximum absolute atomic E-state index is 6.53. The van der Waals surface area contributed by atoms with E-state index >= 15 is 0 Å². The highest BCUT2D eigenvalue weighted by molar-refractivity contribution is 6.15. The molecule has 6 nitrogen and oxygen atoms in total. The van der Waals surface area contributed by atoms with Crippen molar-refractivity contribution in [2.45, 2.75) is 19.3 Å². The third-order valence-corrected chi connectivity index (χ3v) is 11.1. The highest BCUT2D eigenvalue weighted by Crippen LogP contribution is 2.49. The molecule has 11 rings (SSSR count). The summed E-state index contributed by atoms with van der Waals surface area (Å²) in [6.07, 6.45) is 0. The van der Waals surface area contributed by atoms with E-state index < -0.39 is 0 Å². The van der Waals surface area contributed by atoms with Crippen LogP contribution in [0.4, 0.5) is 0 Å². The number of para-hydroxylation sites is 2.